The van der Waals surface area contributed by atoms with Crippen molar-refractivity contribution in [2.24, 2.45) is 5.92 Å². The van der Waals surface area contributed by atoms with Crippen molar-refractivity contribution in [1.29, 1.82) is 0 Å². The van der Waals surface area contributed by atoms with Crippen LogP contribution in [-0.4, -0.2) is 10.9 Å². The minimum Gasteiger partial charge on any atom is -0.344 e. The monoisotopic (exact) mass is 272 g/mol. The normalized spacial score (nSPS) is 12.2. The van der Waals surface area contributed by atoms with E-state index in [2.05, 4.69) is 10.3 Å². The lowest BCUT2D eigenvalue weighted by Crippen LogP contribution is -2.32. The SMILES string of the molecule is CC(C)C(NC(=O)c1cccc(F)n1)c1ccccc1. The van der Waals surface area contributed by atoms with Crippen LogP contribution in [0, 0.1) is 11.9 Å². The van der Waals surface area contributed by atoms with Crippen LogP contribution in [0.25, 0.3) is 0 Å². The van der Waals surface area contributed by atoms with Crippen molar-refractivity contribution in [3.8, 4) is 0 Å². The number of hydrogen-bond acceptors (Lipinski definition) is 2. The fourth-order valence-electron chi connectivity index (χ4n) is 2.05. The van der Waals surface area contributed by atoms with Gasteiger partial charge in [0.25, 0.3) is 5.91 Å². The van der Waals surface area contributed by atoms with Crippen LogP contribution in [-0.2, 0) is 0 Å². The average molecular weight is 272 g/mol. The minimum absolute atomic E-state index is 0.0894. The molecule has 1 aromatic heterocycles. The second-order valence-corrected chi connectivity index (χ2v) is 4.95. The summed E-state index contributed by atoms with van der Waals surface area (Å²) in [6.45, 7) is 4.05. The highest BCUT2D eigenvalue weighted by molar-refractivity contribution is 5.92. The van der Waals surface area contributed by atoms with Gasteiger partial charge >= 0.3 is 0 Å². The third-order valence-corrected chi connectivity index (χ3v) is 3.06. The molecule has 1 aromatic carbocycles. The Hall–Kier alpha value is -2.23. The van der Waals surface area contributed by atoms with Crippen LogP contribution >= 0.6 is 0 Å². The molecule has 0 fully saturated rings. The number of pyridine rings is 1. The number of benzene rings is 1. The van der Waals surface area contributed by atoms with Crippen LogP contribution in [0.3, 0.4) is 0 Å². The van der Waals surface area contributed by atoms with Gasteiger partial charge in [0.15, 0.2) is 0 Å². The van der Waals surface area contributed by atoms with E-state index in [4.69, 9.17) is 0 Å². The lowest BCUT2D eigenvalue weighted by molar-refractivity contribution is 0.0919. The number of nitrogens with zero attached hydrogens (tertiary/aromatic N) is 1. The first-order valence-corrected chi connectivity index (χ1v) is 6.56. The van der Waals surface area contributed by atoms with Gasteiger partial charge < -0.3 is 5.32 Å². The maximum atomic E-state index is 13.1. The molecule has 0 spiro atoms. The Morgan fingerprint density at radius 2 is 1.80 bits per heavy atom. The molecular formula is C16H17FN2O. The van der Waals surface area contributed by atoms with Crippen molar-refractivity contribution < 1.29 is 9.18 Å². The van der Waals surface area contributed by atoms with E-state index in [1.807, 2.05) is 44.2 Å². The van der Waals surface area contributed by atoms with Crippen molar-refractivity contribution in [3.63, 3.8) is 0 Å². The van der Waals surface area contributed by atoms with E-state index in [1.54, 1.807) is 0 Å². The summed E-state index contributed by atoms with van der Waals surface area (Å²) in [5.74, 6) is -0.805. The molecule has 1 heterocycles. The Balaban J connectivity index is 2.19. The van der Waals surface area contributed by atoms with Gasteiger partial charge in [0.1, 0.15) is 5.69 Å². The molecule has 0 saturated carbocycles. The van der Waals surface area contributed by atoms with Crippen molar-refractivity contribution in [2.75, 3.05) is 0 Å². The lowest BCUT2D eigenvalue weighted by atomic mass is 9.96. The molecule has 20 heavy (non-hydrogen) atoms. The number of halogens is 1. The van der Waals surface area contributed by atoms with Crippen LogP contribution in [0.5, 0.6) is 0 Å². The van der Waals surface area contributed by atoms with Gasteiger partial charge in [-0.3, -0.25) is 4.79 Å². The predicted molar refractivity (Wildman–Crippen MR) is 75.7 cm³/mol. The predicted octanol–water partition coefficient (Wildman–Crippen LogP) is 3.35. The van der Waals surface area contributed by atoms with Crippen LogP contribution in [0.4, 0.5) is 4.39 Å². The molecular weight excluding hydrogens is 255 g/mol. The van der Waals surface area contributed by atoms with E-state index in [9.17, 15) is 9.18 Å². The second kappa shape index (κ2) is 6.28. The summed E-state index contributed by atoms with van der Waals surface area (Å²) in [5, 5.41) is 2.91. The summed E-state index contributed by atoms with van der Waals surface area (Å²) in [7, 11) is 0. The molecule has 4 heteroatoms. The van der Waals surface area contributed by atoms with Gasteiger partial charge in [0.05, 0.1) is 6.04 Å². The first-order valence-electron chi connectivity index (χ1n) is 6.56. The van der Waals surface area contributed by atoms with Gasteiger partial charge in [-0.15, -0.1) is 0 Å². The first kappa shape index (κ1) is 14.2. The molecule has 3 nitrogen and oxygen atoms in total. The molecule has 2 rings (SSSR count). The van der Waals surface area contributed by atoms with Gasteiger partial charge in [-0.2, -0.15) is 4.39 Å². The molecule has 1 unspecified atom stereocenters. The number of aromatic nitrogens is 1. The summed E-state index contributed by atoms with van der Waals surface area (Å²) >= 11 is 0. The summed E-state index contributed by atoms with van der Waals surface area (Å²) in [6, 6.07) is 13.8. The molecule has 0 aliphatic rings. The van der Waals surface area contributed by atoms with Crippen LogP contribution < -0.4 is 5.32 Å². The highest BCUT2D eigenvalue weighted by Crippen LogP contribution is 2.21. The number of amides is 1. The number of carbonyl (C=O) groups is 1. The van der Waals surface area contributed by atoms with Crippen LogP contribution in [0.15, 0.2) is 48.5 Å². The van der Waals surface area contributed by atoms with E-state index in [0.29, 0.717) is 0 Å². The quantitative estimate of drug-likeness (QED) is 0.867. The zero-order chi connectivity index (χ0) is 14.5. The van der Waals surface area contributed by atoms with Crippen molar-refractivity contribution in [1.82, 2.24) is 10.3 Å². The molecule has 1 N–H and O–H groups in total. The molecule has 0 bridgehead atoms. The minimum atomic E-state index is -0.654. The average Bonchev–Trinajstić information content (AvgIpc) is 2.45. The summed E-state index contributed by atoms with van der Waals surface area (Å²) in [4.78, 5) is 15.7. The topological polar surface area (TPSA) is 42.0 Å². The molecule has 0 aliphatic carbocycles. The fourth-order valence-corrected chi connectivity index (χ4v) is 2.05. The summed E-state index contributed by atoms with van der Waals surface area (Å²) in [6.07, 6.45) is 0. The first-order chi connectivity index (χ1) is 9.58. The van der Waals surface area contributed by atoms with Gasteiger partial charge in [-0.1, -0.05) is 50.2 Å². The number of hydrogen-bond donors (Lipinski definition) is 1. The second-order valence-electron chi connectivity index (χ2n) is 4.95. The Bertz CT molecular complexity index is 584. The zero-order valence-corrected chi connectivity index (χ0v) is 11.5. The molecule has 0 saturated heterocycles. The van der Waals surface area contributed by atoms with Crippen LogP contribution in [0.1, 0.15) is 35.9 Å². The maximum Gasteiger partial charge on any atom is 0.270 e. The molecule has 1 amide bonds. The maximum absolute atomic E-state index is 13.1. The smallest absolute Gasteiger partial charge is 0.270 e. The van der Waals surface area contributed by atoms with Gasteiger partial charge in [0, 0.05) is 0 Å². The van der Waals surface area contributed by atoms with Crippen molar-refractivity contribution in [3.05, 3.63) is 65.7 Å². The molecule has 1 atom stereocenters. The Morgan fingerprint density at radius 1 is 1.10 bits per heavy atom. The van der Waals surface area contributed by atoms with Gasteiger partial charge in [-0.05, 0) is 23.6 Å². The van der Waals surface area contributed by atoms with E-state index < -0.39 is 5.95 Å². The standard InChI is InChI=1S/C16H17FN2O/c1-11(2)15(12-7-4-3-5-8-12)19-16(20)13-9-6-10-14(17)18-13/h3-11,15H,1-2H3,(H,19,20). The van der Waals surface area contributed by atoms with E-state index in [0.717, 1.165) is 5.56 Å². The summed E-state index contributed by atoms with van der Waals surface area (Å²) < 4.78 is 13.1. The Kier molecular flexibility index (Phi) is 4.45. The fraction of sp³-hybridized carbons (Fsp3) is 0.250. The lowest BCUT2D eigenvalue weighted by Gasteiger charge is -2.22. The number of rotatable bonds is 4. The zero-order valence-electron chi connectivity index (χ0n) is 11.5. The molecule has 104 valence electrons. The summed E-state index contributed by atoms with van der Waals surface area (Å²) in [5.41, 5.74) is 1.11. The molecule has 0 aliphatic heterocycles. The van der Waals surface area contributed by atoms with Crippen LogP contribution in [0.2, 0.25) is 0 Å². The van der Waals surface area contributed by atoms with Crippen molar-refractivity contribution in [2.45, 2.75) is 19.9 Å². The highest BCUT2D eigenvalue weighted by atomic mass is 19.1. The number of carbonyl (C=O) groups excluding carboxylic acids is 1. The third-order valence-electron chi connectivity index (χ3n) is 3.06. The van der Waals surface area contributed by atoms with E-state index >= 15 is 0 Å². The van der Waals surface area contributed by atoms with E-state index in [1.165, 1.54) is 18.2 Å². The van der Waals surface area contributed by atoms with E-state index in [-0.39, 0.29) is 23.6 Å². The van der Waals surface area contributed by atoms with Crippen molar-refractivity contribution >= 4 is 5.91 Å². The van der Waals surface area contributed by atoms with Gasteiger partial charge in [-0.25, -0.2) is 4.98 Å². The third kappa shape index (κ3) is 3.41. The molecule has 2 aromatic rings. The highest BCUT2D eigenvalue weighted by Gasteiger charge is 2.19. The Morgan fingerprint density at radius 3 is 2.40 bits per heavy atom. The largest absolute Gasteiger partial charge is 0.344 e. The van der Waals surface area contributed by atoms with Gasteiger partial charge in [0.2, 0.25) is 5.95 Å². The Labute approximate surface area is 117 Å². The molecule has 0 radical (unpaired) electrons. The number of nitrogens with one attached hydrogen (secondary N) is 1.